The van der Waals surface area contributed by atoms with E-state index in [9.17, 15) is 14.6 Å². The minimum atomic E-state index is -0.628. The number of aliphatic hydroxyl groups is 1. The SMILES string of the molecule is Oc1ccc(CC(O)N2C[C@H]3CC(Cc4ccccc4)C[C@H]3C2)cc1F. The Labute approximate surface area is 154 Å². The lowest BCUT2D eigenvalue weighted by Gasteiger charge is -2.25. The summed E-state index contributed by atoms with van der Waals surface area (Å²) < 4.78 is 13.5. The van der Waals surface area contributed by atoms with Crippen molar-refractivity contribution in [2.24, 2.45) is 17.8 Å². The number of halogens is 1. The first kappa shape index (κ1) is 17.5. The standard InChI is InChI=1S/C22H26FNO2/c23-20-11-16(6-7-21(20)25)12-22(26)24-13-18-9-17(10-19(18)14-24)8-15-4-2-1-3-5-15/h1-7,11,17-19,22,25-26H,8-10,12-14H2/t17?,18-,19+,22?. The molecule has 1 aliphatic heterocycles. The fourth-order valence-electron chi connectivity index (χ4n) is 4.84. The summed E-state index contributed by atoms with van der Waals surface area (Å²) in [5.41, 5.74) is 2.13. The average Bonchev–Trinajstić information content (AvgIpc) is 3.17. The predicted molar refractivity (Wildman–Crippen MR) is 99.2 cm³/mol. The van der Waals surface area contributed by atoms with Gasteiger partial charge in [-0.1, -0.05) is 36.4 Å². The zero-order chi connectivity index (χ0) is 18.1. The van der Waals surface area contributed by atoms with Crippen molar-refractivity contribution >= 4 is 0 Å². The number of hydrogen-bond acceptors (Lipinski definition) is 3. The van der Waals surface area contributed by atoms with Gasteiger partial charge in [-0.15, -0.1) is 0 Å². The molecule has 0 radical (unpaired) electrons. The Morgan fingerprint density at radius 3 is 2.35 bits per heavy atom. The Morgan fingerprint density at radius 1 is 1.00 bits per heavy atom. The molecule has 1 saturated heterocycles. The Bertz CT molecular complexity index is 737. The van der Waals surface area contributed by atoms with Crippen molar-refractivity contribution in [3.05, 3.63) is 65.5 Å². The van der Waals surface area contributed by atoms with Gasteiger partial charge < -0.3 is 10.2 Å². The van der Waals surface area contributed by atoms with Crippen LogP contribution in [0.5, 0.6) is 5.75 Å². The normalized spacial score (nSPS) is 26.8. The maximum atomic E-state index is 13.5. The van der Waals surface area contributed by atoms with Crippen molar-refractivity contribution in [3.63, 3.8) is 0 Å². The summed E-state index contributed by atoms with van der Waals surface area (Å²) in [6.07, 6.45) is 3.43. The van der Waals surface area contributed by atoms with Gasteiger partial charge in [-0.2, -0.15) is 0 Å². The summed E-state index contributed by atoms with van der Waals surface area (Å²) in [5.74, 6) is 1.10. The van der Waals surface area contributed by atoms with Crippen LogP contribution in [0.1, 0.15) is 24.0 Å². The second kappa shape index (κ2) is 7.37. The molecule has 0 bridgehead atoms. The van der Waals surface area contributed by atoms with Gasteiger partial charge in [0.2, 0.25) is 0 Å². The van der Waals surface area contributed by atoms with E-state index in [0.29, 0.717) is 23.8 Å². The summed E-state index contributed by atoms with van der Waals surface area (Å²) in [6, 6.07) is 15.0. The Hall–Kier alpha value is -1.91. The topological polar surface area (TPSA) is 43.7 Å². The monoisotopic (exact) mass is 355 g/mol. The zero-order valence-electron chi connectivity index (χ0n) is 14.9. The van der Waals surface area contributed by atoms with Crippen LogP contribution < -0.4 is 0 Å². The first-order chi connectivity index (χ1) is 12.6. The van der Waals surface area contributed by atoms with Gasteiger partial charge in [-0.25, -0.2) is 4.39 Å². The summed E-state index contributed by atoms with van der Waals surface area (Å²) in [5, 5.41) is 19.8. The molecule has 2 unspecified atom stereocenters. The van der Waals surface area contributed by atoms with E-state index in [4.69, 9.17) is 0 Å². The number of hydrogen-bond donors (Lipinski definition) is 2. The molecule has 1 saturated carbocycles. The average molecular weight is 355 g/mol. The fourth-order valence-corrected chi connectivity index (χ4v) is 4.84. The highest BCUT2D eigenvalue weighted by atomic mass is 19.1. The highest BCUT2D eigenvalue weighted by Crippen LogP contribution is 2.43. The molecule has 4 atom stereocenters. The van der Waals surface area contributed by atoms with Crippen molar-refractivity contribution < 1.29 is 14.6 Å². The molecule has 1 heterocycles. The van der Waals surface area contributed by atoms with Crippen LogP contribution in [0.15, 0.2) is 48.5 Å². The molecule has 4 rings (SSSR count). The molecule has 138 valence electrons. The number of aromatic hydroxyl groups is 1. The molecule has 0 aromatic heterocycles. The third-order valence-electron chi connectivity index (χ3n) is 6.10. The lowest BCUT2D eigenvalue weighted by atomic mass is 9.96. The van der Waals surface area contributed by atoms with Crippen LogP contribution >= 0.6 is 0 Å². The highest BCUT2D eigenvalue weighted by Gasteiger charge is 2.42. The molecule has 1 aliphatic carbocycles. The minimum absolute atomic E-state index is 0.344. The number of likely N-dealkylation sites (tertiary alicyclic amines) is 1. The number of phenols is 1. The van der Waals surface area contributed by atoms with Gasteiger partial charge in [0.25, 0.3) is 0 Å². The van der Waals surface area contributed by atoms with Gasteiger partial charge in [-0.3, -0.25) is 4.90 Å². The number of fused-ring (bicyclic) bond motifs is 1. The van der Waals surface area contributed by atoms with E-state index < -0.39 is 12.0 Å². The molecular weight excluding hydrogens is 329 g/mol. The summed E-state index contributed by atoms with van der Waals surface area (Å²) in [7, 11) is 0. The molecule has 2 aliphatic rings. The quantitative estimate of drug-likeness (QED) is 0.861. The molecule has 3 nitrogen and oxygen atoms in total. The molecule has 4 heteroatoms. The van der Waals surface area contributed by atoms with Gasteiger partial charge in [0.1, 0.15) is 6.23 Å². The summed E-state index contributed by atoms with van der Waals surface area (Å²) in [4.78, 5) is 2.14. The maximum Gasteiger partial charge on any atom is 0.165 e. The highest BCUT2D eigenvalue weighted by molar-refractivity contribution is 5.28. The van der Waals surface area contributed by atoms with Crippen LogP contribution in [0.2, 0.25) is 0 Å². The number of aliphatic hydroxyl groups excluding tert-OH is 1. The second-order valence-electron chi connectivity index (χ2n) is 7.97. The predicted octanol–water partition coefficient (Wildman–Crippen LogP) is 3.59. The van der Waals surface area contributed by atoms with Crippen molar-refractivity contribution in [2.45, 2.75) is 31.9 Å². The first-order valence-electron chi connectivity index (χ1n) is 9.52. The largest absolute Gasteiger partial charge is 0.505 e. The Balaban J connectivity index is 1.30. The van der Waals surface area contributed by atoms with Gasteiger partial charge in [0, 0.05) is 19.5 Å². The Morgan fingerprint density at radius 2 is 1.69 bits per heavy atom. The van der Waals surface area contributed by atoms with Crippen LogP contribution in [0.3, 0.4) is 0 Å². The molecule has 2 N–H and O–H groups in total. The fraction of sp³-hybridized carbons (Fsp3) is 0.455. The van der Waals surface area contributed by atoms with E-state index in [1.54, 1.807) is 6.07 Å². The summed E-state index contributed by atoms with van der Waals surface area (Å²) in [6.45, 7) is 1.86. The first-order valence-corrected chi connectivity index (χ1v) is 9.52. The molecule has 2 aromatic rings. The van der Waals surface area contributed by atoms with Gasteiger partial charge in [-0.05, 0) is 60.3 Å². The summed E-state index contributed by atoms with van der Waals surface area (Å²) >= 11 is 0. The Kier molecular flexibility index (Phi) is 4.96. The molecule has 0 amide bonds. The van der Waals surface area contributed by atoms with Crippen molar-refractivity contribution in [1.29, 1.82) is 0 Å². The number of nitrogens with zero attached hydrogens (tertiary/aromatic N) is 1. The van der Waals surface area contributed by atoms with Crippen LogP contribution in [-0.4, -0.2) is 34.4 Å². The van der Waals surface area contributed by atoms with Gasteiger partial charge in [0.05, 0.1) is 0 Å². The maximum absolute atomic E-state index is 13.5. The van der Waals surface area contributed by atoms with Crippen LogP contribution in [0.25, 0.3) is 0 Å². The molecular formula is C22H26FNO2. The number of benzene rings is 2. The lowest BCUT2D eigenvalue weighted by Crippen LogP contribution is -2.35. The van der Waals surface area contributed by atoms with Crippen LogP contribution in [-0.2, 0) is 12.8 Å². The lowest BCUT2D eigenvalue weighted by molar-refractivity contribution is 0.0146. The molecule has 26 heavy (non-hydrogen) atoms. The smallest absolute Gasteiger partial charge is 0.165 e. The zero-order valence-corrected chi connectivity index (χ0v) is 14.9. The molecule has 0 spiro atoms. The van der Waals surface area contributed by atoms with Crippen molar-refractivity contribution in [1.82, 2.24) is 4.90 Å². The third kappa shape index (κ3) is 3.76. The van der Waals surface area contributed by atoms with Gasteiger partial charge in [0.15, 0.2) is 11.6 Å². The van der Waals surface area contributed by atoms with E-state index in [1.165, 1.54) is 30.5 Å². The van der Waals surface area contributed by atoms with Crippen molar-refractivity contribution in [3.8, 4) is 5.75 Å². The van der Waals surface area contributed by atoms with E-state index in [2.05, 4.69) is 35.2 Å². The minimum Gasteiger partial charge on any atom is -0.505 e. The van der Waals surface area contributed by atoms with E-state index in [1.807, 2.05) is 0 Å². The van der Waals surface area contributed by atoms with Crippen LogP contribution in [0.4, 0.5) is 4.39 Å². The van der Waals surface area contributed by atoms with Gasteiger partial charge >= 0.3 is 0 Å². The molecule has 2 aromatic carbocycles. The van der Waals surface area contributed by atoms with Crippen molar-refractivity contribution in [2.75, 3.05) is 13.1 Å². The van der Waals surface area contributed by atoms with E-state index >= 15 is 0 Å². The van der Waals surface area contributed by atoms with E-state index in [-0.39, 0.29) is 5.75 Å². The number of rotatable bonds is 5. The van der Waals surface area contributed by atoms with Crippen LogP contribution in [0, 0.1) is 23.6 Å². The van der Waals surface area contributed by atoms with E-state index in [0.717, 1.165) is 25.4 Å². The molecule has 2 fully saturated rings. The second-order valence-corrected chi connectivity index (χ2v) is 7.97. The number of phenolic OH excluding ortho intramolecular Hbond substituents is 1. The third-order valence-corrected chi connectivity index (χ3v) is 6.10.